The van der Waals surface area contributed by atoms with Crippen molar-refractivity contribution in [2.75, 3.05) is 0 Å². The smallest absolute Gasteiger partial charge is 0.393 e. The summed E-state index contributed by atoms with van der Waals surface area (Å²) in [6, 6.07) is 1.50. The molecular formula is C14H15F4NO2. The quantitative estimate of drug-likeness (QED) is 0.826. The molecule has 0 saturated heterocycles. The lowest BCUT2D eigenvalue weighted by Crippen LogP contribution is -2.39. The van der Waals surface area contributed by atoms with Gasteiger partial charge in [-0.1, -0.05) is 0 Å². The molecular weight excluding hydrogens is 290 g/mol. The van der Waals surface area contributed by atoms with Gasteiger partial charge in [-0.2, -0.15) is 13.2 Å². The molecule has 2 N–H and O–H groups in total. The van der Waals surface area contributed by atoms with Crippen molar-refractivity contribution in [3.05, 3.63) is 35.1 Å². The zero-order valence-corrected chi connectivity index (χ0v) is 11.1. The van der Waals surface area contributed by atoms with Gasteiger partial charge in [0.2, 0.25) is 0 Å². The van der Waals surface area contributed by atoms with Crippen LogP contribution in [0.5, 0.6) is 0 Å². The summed E-state index contributed by atoms with van der Waals surface area (Å²) in [6.07, 6.45) is -2.98. The maximum Gasteiger partial charge on any atom is 0.416 e. The molecule has 0 radical (unpaired) electrons. The summed E-state index contributed by atoms with van der Waals surface area (Å²) in [5.41, 5.74) is -1.68. The van der Waals surface area contributed by atoms with E-state index in [0.717, 1.165) is 0 Å². The third-order valence-corrected chi connectivity index (χ3v) is 3.57. The Morgan fingerprint density at radius 1 is 1.19 bits per heavy atom. The first-order chi connectivity index (χ1) is 9.77. The largest absolute Gasteiger partial charge is 0.416 e. The molecule has 3 nitrogen and oxygen atoms in total. The van der Waals surface area contributed by atoms with Crippen LogP contribution in [0.2, 0.25) is 0 Å². The van der Waals surface area contributed by atoms with Crippen LogP contribution in [0.4, 0.5) is 17.6 Å². The number of halogens is 4. The van der Waals surface area contributed by atoms with Crippen molar-refractivity contribution < 1.29 is 27.5 Å². The van der Waals surface area contributed by atoms with Crippen LogP contribution < -0.4 is 5.32 Å². The van der Waals surface area contributed by atoms with Gasteiger partial charge in [0.15, 0.2) is 0 Å². The van der Waals surface area contributed by atoms with Crippen LogP contribution in [0.25, 0.3) is 0 Å². The first kappa shape index (κ1) is 15.8. The van der Waals surface area contributed by atoms with E-state index in [-0.39, 0.29) is 6.04 Å². The fourth-order valence-corrected chi connectivity index (χ4v) is 2.36. The number of nitrogens with one attached hydrogen (secondary N) is 1. The second-order valence-corrected chi connectivity index (χ2v) is 5.17. The molecule has 1 saturated carbocycles. The van der Waals surface area contributed by atoms with Crippen molar-refractivity contribution >= 4 is 5.91 Å². The Bertz CT molecular complexity index is 522. The van der Waals surface area contributed by atoms with Gasteiger partial charge in [0.25, 0.3) is 5.91 Å². The van der Waals surface area contributed by atoms with Crippen molar-refractivity contribution in [2.45, 2.75) is 44.0 Å². The number of amides is 1. The number of carbonyl (C=O) groups is 1. The lowest BCUT2D eigenvalue weighted by molar-refractivity contribution is -0.137. The maximum atomic E-state index is 13.6. The van der Waals surface area contributed by atoms with Gasteiger partial charge in [-0.25, -0.2) is 4.39 Å². The summed E-state index contributed by atoms with van der Waals surface area (Å²) in [7, 11) is 0. The Labute approximate surface area is 119 Å². The van der Waals surface area contributed by atoms with Gasteiger partial charge < -0.3 is 10.4 Å². The third-order valence-electron chi connectivity index (χ3n) is 3.57. The van der Waals surface area contributed by atoms with Crippen LogP contribution in [0.1, 0.15) is 41.6 Å². The van der Waals surface area contributed by atoms with E-state index in [9.17, 15) is 27.5 Å². The average Bonchev–Trinajstić information content (AvgIpc) is 2.40. The Morgan fingerprint density at radius 3 is 2.38 bits per heavy atom. The molecule has 0 heterocycles. The standard InChI is InChI=1S/C14H15F4NO2/c15-12-6-1-8(14(16,17)18)7-11(12)13(21)19-9-2-4-10(20)5-3-9/h1,6-7,9-10,20H,2-5H2,(H,19,21). The predicted molar refractivity (Wildman–Crippen MR) is 67.1 cm³/mol. The van der Waals surface area contributed by atoms with Crippen LogP contribution in [0.3, 0.4) is 0 Å². The van der Waals surface area contributed by atoms with Gasteiger partial charge >= 0.3 is 6.18 Å². The monoisotopic (exact) mass is 305 g/mol. The average molecular weight is 305 g/mol. The van der Waals surface area contributed by atoms with E-state index in [1.807, 2.05) is 0 Å². The number of benzene rings is 1. The van der Waals surface area contributed by atoms with E-state index in [1.165, 1.54) is 0 Å². The fourth-order valence-electron chi connectivity index (χ4n) is 2.36. The molecule has 1 amide bonds. The van der Waals surface area contributed by atoms with Gasteiger partial charge in [-0.05, 0) is 43.9 Å². The molecule has 116 valence electrons. The van der Waals surface area contributed by atoms with E-state index in [0.29, 0.717) is 43.9 Å². The first-order valence-corrected chi connectivity index (χ1v) is 6.63. The van der Waals surface area contributed by atoms with Gasteiger partial charge in [0.05, 0.1) is 17.2 Å². The SMILES string of the molecule is O=C(NC1CCC(O)CC1)c1cc(C(F)(F)F)ccc1F. The minimum Gasteiger partial charge on any atom is -0.393 e. The highest BCUT2D eigenvalue weighted by Gasteiger charge is 2.32. The van der Waals surface area contributed by atoms with Crippen LogP contribution >= 0.6 is 0 Å². The summed E-state index contributed by atoms with van der Waals surface area (Å²) in [5, 5.41) is 11.9. The molecule has 0 spiro atoms. The third kappa shape index (κ3) is 3.93. The molecule has 1 aliphatic rings. The molecule has 0 unspecified atom stereocenters. The highest BCUT2D eigenvalue weighted by atomic mass is 19.4. The van der Waals surface area contributed by atoms with Crippen molar-refractivity contribution in [1.82, 2.24) is 5.32 Å². The highest BCUT2D eigenvalue weighted by Crippen LogP contribution is 2.30. The van der Waals surface area contributed by atoms with Crippen LogP contribution in [-0.2, 0) is 6.18 Å². The number of aliphatic hydroxyl groups excluding tert-OH is 1. The number of alkyl halides is 3. The first-order valence-electron chi connectivity index (χ1n) is 6.63. The Morgan fingerprint density at radius 2 is 1.81 bits per heavy atom. The van der Waals surface area contributed by atoms with E-state index in [2.05, 4.69) is 5.32 Å². The zero-order valence-electron chi connectivity index (χ0n) is 11.1. The van der Waals surface area contributed by atoms with E-state index < -0.39 is 35.1 Å². The Balaban J connectivity index is 2.11. The van der Waals surface area contributed by atoms with E-state index in [4.69, 9.17) is 0 Å². The van der Waals surface area contributed by atoms with Gasteiger partial charge in [-0.3, -0.25) is 4.79 Å². The molecule has 21 heavy (non-hydrogen) atoms. The molecule has 0 aromatic heterocycles. The second-order valence-electron chi connectivity index (χ2n) is 5.17. The normalized spacial score (nSPS) is 22.9. The molecule has 0 bridgehead atoms. The number of rotatable bonds is 2. The Kier molecular flexibility index (Phi) is 4.51. The van der Waals surface area contributed by atoms with Crippen LogP contribution in [0.15, 0.2) is 18.2 Å². The minimum atomic E-state index is -4.63. The molecule has 0 aliphatic heterocycles. The predicted octanol–water partition coefficient (Wildman–Crippen LogP) is 2.88. The summed E-state index contributed by atoms with van der Waals surface area (Å²) >= 11 is 0. The van der Waals surface area contributed by atoms with Gasteiger partial charge in [0.1, 0.15) is 5.82 Å². The molecule has 1 aliphatic carbocycles. The highest BCUT2D eigenvalue weighted by molar-refractivity contribution is 5.94. The topological polar surface area (TPSA) is 49.3 Å². The lowest BCUT2D eigenvalue weighted by atomic mass is 9.93. The molecule has 0 atom stereocenters. The van der Waals surface area contributed by atoms with Gasteiger partial charge in [0, 0.05) is 6.04 Å². The van der Waals surface area contributed by atoms with Gasteiger partial charge in [-0.15, -0.1) is 0 Å². The molecule has 1 aromatic carbocycles. The molecule has 1 fully saturated rings. The maximum absolute atomic E-state index is 13.6. The minimum absolute atomic E-state index is 0.255. The van der Waals surface area contributed by atoms with E-state index in [1.54, 1.807) is 0 Å². The number of hydrogen-bond acceptors (Lipinski definition) is 2. The summed E-state index contributed by atoms with van der Waals surface area (Å²) in [4.78, 5) is 11.9. The molecule has 1 aromatic rings. The van der Waals surface area contributed by atoms with E-state index >= 15 is 0 Å². The van der Waals surface area contributed by atoms with Crippen molar-refractivity contribution in [3.63, 3.8) is 0 Å². The van der Waals surface area contributed by atoms with Crippen molar-refractivity contribution in [3.8, 4) is 0 Å². The lowest BCUT2D eigenvalue weighted by Gasteiger charge is -2.26. The second kappa shape index (κ2) is 6.01. The number of hydrogen-bond donors (Lipinski definition) is 2. The fraction of sp³-hybridized carbons (Fsp3) is 0.500. The summed E-state index contributed by atoms with van der Waals surface area (Å²) in [5.74, 6) is -1.85. The summed E-state index contributed by atoms with van der Waals surface area (Å²) < 4.78 is 51.3. The molecule has 2 rings (SSSR count). The molecule has 7 heteroatoms. The van der Waals surface area contributed by atoms with Crippen molar-refractivity contribution in [1.29, 1.82) is 0 Å². The number of aliphatic hydroxyl groups is 1. The zero-order chi connectivity index (χ0) is 15.6. The van der Waals surface area contributed by atoms with Crippen LogP contribution in [0, 0.1) is 5.82 Å². The van der Waals surface area contributed by atoms with Crippen LogP contribution in [-0.4, -0.2) is 23.2 Å². The summed E-state index contributed by atoms with van der Waals surface area (Å²) in [6.45, 7) is 0. The Hall–Kier alpha value is -1.63. The number of carbonyl (C=O) groups excluding carboxylic acids is 1. The van der Waals surface area contributed by atoms with Crippen molar-refractivity contribution in [2.24, 2.45) is 0 Å².